The summed E-state index contributed by atoms with van der Waals surface area (Å²) in [5.74, 6) is 0. The van der Waals surface area contributed by atoms with Gasteiger partial charge in [-0.1, -0.05) is 30.3 Å². The van der Waals surface area contributed by atoms with Crippen LogP contribution in [0.25, 0.3) is 0 Å². The van der Waals surface area contributed by atoms with Gasteiger partial charge in [0.1, 0.15) is 12.7 Å². The summed E-state index contributed by atoms with van der Waals surface area (Å²) in [7, 11) is 0. The monoisotopic (exact) mass is 242 g/mol. The van der Waals surface area contributed by atoms with Crippen LogP contribution in [0.1, 0.15) is 5.56 Å². The third kappa shape index (κ3) is 4.08. The molecular weight excluding hydrogens is 229 g/mol. The molecule has 1 aromatic rings. The Bertz CT molecular complexity index is 364. The Labute approximate surface area is 98.1 Å². The van der Waals surface area contributed by atoms with Gasteiger partial charge in [0.15, 0.2) is 12.3 Å². The molecule has 2 nitrogen and oxygen atoms in total. The van der Waals surface area contributed by atoms with E-state index in [2.05, 4.69) is 5.32 Å². The molecule has 1 N–H and O–H groups in total. The minimum Gasteiger partial charge on any atom is -0.295 e. The standard InChI is InChI=1S/C12H13F3N2/c13-6-10(14)12(15)11(7-16)17-8-9-4-2-1-3-5-9/h1-5,10-12,17H,6,8H2. The van der Waals surface area contributed by atoms with Crippen molar-refractivity contribution in [3.8, 4) is 6.07 Å². The van der Waals surface area contributed by atoms with Gasteiger partial charge in [0.25, 0.3) is 0 Å². The summed E-state index contributed by atoms with van der Waals surface area (Å²) in [4.78, 5) is 0. The van der Waals surface area contributed by atoms with Gasteiger partial charge < -0.3 is 0 Å². The molecule has 0 heterocycles. The molecule has 1 rings (SSSR count). The smallest absolute Gasteiger partial charge is 0.162 e. The lowest BCUT2D eigenvalue weighted by Crippen LogP contribution is -2.41. The summed E-state index contributed by atoms with van der Waals surface area (Å²) in [6, 6.07) is 9.24. The molecule has 0 saturated heterocycles. The van der Waals surface area contributed by atoms with Crippen LogP contribution in [-0.4, -0.2) is 25.1 Å². The Balaban J connectivity index is 2.51. The number of halogens is 3. The third-order valence-electron chi connectivity index (χ3n) is 2.32. The Morgan fingerprint density at radius 2 is 1.88 bits per heavy atom. The van der Waals surface area contributed by atoms with Gasteiger partial charge in [0.05, 0.1) is 6.07 Å². The van der Waals surface area contributed by atoms with Crippen molar-refractivity contribution in [2.24, 2.45) is 0 Å². The Morgan fingerprint density at radius 3 is 2.41 bits per heavy atom. The number of hydrogen-bond donors (Lipinski definition) is 1. The van der Waals surface area contributed by atoms with E-state index in [1.807, 2.05) is 6.07 Å². The number of nitrogens with zero attached hydrogens (tertiary/aromatic N) is 1. The van der Waals surface area contributed by atoms with Crippen molar-refractivity contribution >= 4 is 0 Å². The van der Waals surface area contributed by atoms with E-state index in [4.69, 9.17) is 5.26 Å². The quantitative estimate of drug-likeness (QED) is 0.831. The van der Waals surface area contributed by atoms with Crippen LogP contribution in [0.5, 0.6) is 0 Å². The SMILES string of the molecule is N#CC(NCc1ccccc1)C(F)C(F)CF. The zero-order valence-corrected chi connectivity index (χ0v) is 9.11. The van der Waals surface area contributed by atoms with Crippen LogP contribution in [-0.2, 0) is 6.54 Å². The molecule has 0 amide bonds. The van der Waals surface area contributed by atoms with Crippen LogP contribution in [0.2, 0.25) is 0 Å². The molecular formula is C12H13F3N2. The van der Waals surface area contributed by atoms with Crippen LogP contribution >= 0.6 is 0 Å². The predicted octanol–water partition coefficient (Wildman–Crippen LogP) is 2.31. The number of nitrogens with one attached hydrogen (secondary N) is 1. The van der Waals surface area contributed by atoms with Crippen molar-refractivity contribution in [2.75, 3.05) is 6.67 Å². The van der Waals surface area contributed by atoms with Gasteiger partial charge in [-0.3, -0.25) is 5.32 Å². The zero-order chi connectivity index (χ0) is 12.7. The van der Waals surface area contributed by atoms with E-state index in [1.54, 1.807) is 30.3 Å². The van der Waals surface area contributed by atoms with Crippen LogP contribution in [0.4, 0.5) is 13.2 Å². The molecule has 17 heavy (non-hydrogen) atoms. The second-order valence-corrected chi connectivity index (χ2v) is 3.59. The minimum absolute atomic E-state index is 0.235. The first-order valence-electron chi connectivity index (χ1n) is 5.20. The molecule has 0 aliphatic rings. The highest BCUT2D eigenvalue weighted by molar-refractivity contribution is 5.15. The average molecular weight is 242 g/mol. The Hall–Kier alpha value is -1.54. The molecule has 5 heteroatoms. The molecule has 0 fully saturated rings. The molecule has 0 spiro atoms. The van der Waals surface area contributed by atoms with E-state index >= 15 is 0 Å². The van der Waals surface area contributed by atoms with Gasteiger partial charge in [0, 0.05) is 6.54 Å². The number of alkyl halides is 3. The van der Waals surface area contributed by atoms with Gasteiger partial charge in [-0.05, 0) is 5.56 Å². The maximum atomic E-state index is 13.3. The molecule has 0 bridgehead atoms. The Morgan fingerprint density at radius 1 is 1.24 bits per heavy atom. The van der Waals surface area contributed by atoms with Gasteiger partial charge in [0.2, 0.25) is 0 Å². The van der Waals surface area contributed by atoms with E-state index in [-0.39, 0.29) is 6.54 Å². The maximum Gasteiger partial charge on any atom is 0.162 e. The van der Waals surface area contributed by atoms with Gasteiger partial charge in [-0.2, -0.15) is 5.26 Å². The molecule has 1 aromatic carbocycles. The normalized spacial score (nSPS) is 15.9. The molecule has 0 aliphatic heterocycles. The highest BCUT2D eigenvalue weighted by Gasteiger charge is 2.29. The topological polar surface area (TPSA) is 35.8 Å². The van der Waals surface area contributed by atoms with Crippen LogP contribution in [0.3, 0.4) is 0 Å². The largest absolute Gasteiger partial charge is 0.295 e. The lowest BCUT2D eigenvalue weighted by atomic mass is 10.1. The van der Waals surface area contributed by atoms with Gasteiger partial charge in [-0.15, -0.1) is 0 Å². The molecule has 0 saturated carbocycles. The molecule has 92 valence electrons. The van der Waals surface area contributed by atoms with E-state index in [0.29, 0.717) is 0 Å². The van der Waals surface area contributed by atoms with Crippen molar-refractivity contribution < 1.29 is 13.2 Å². The molecule has 0 aromatic heterocycles. The van der Waals surface area contributed by atoms with Crippen molar-refractivity contribution in [3.63, 3.8) is 0 Å². The molecule has 3 atom stereocenters. The number of hydrogen-bond acceptors (Lipinski definition) is 2. The third-order valence-corrected chi connectivity index (χ3v) is 2.32. The lowest BCUT2D eigenvalue weighted by Gasteiger charge is -2.17. The summed E-state index contributed by atoms with van der Waals surface area (Å²) in [5, 5.41) is 11.2. The van der Waals surface area contributed by atoms with Crippen LogP contribution < -0.4 is 5.32 Å². The second-order valence-electron chi connectivity index (χ2n) is 3.59. The first-order chi connectivity index (χ1) is 8.19. The molecule has 3 unspecified atom stereocenters. The summed E-state index contributed by atoms with van der Waals surface area (Å²) in [6.45, 7) is -1.19. The maximum absolute atomic E-state index is 13.3. The first kappa shape index (κ1) is 13.5. The van der Waals surface area contributed by atoms with Crippen molar-refractivity contribution in [2.45, 2.75) is 24.9 Å². The Kier molecular flexibility index (Phi) is 5.50. The lowest BCUT2D eigenvalue weighted by molar-refractivity contribution is 0.119. The van der Waals surface area contributed by atoms with E-state index in [9.17, 15) is 13.2 Å². The minimum atomic E-state index is -2.26. The fourth-order valence-corrected chi connectivity index (χ4v) is 1.35. The zero-order valence-electron chi connectivity index (χ0n) is 9.11. The highest BCUT2D eigenvalue weighted by atomic mass is 19.2. The summed E-state index contributed by atoms with van der Waals surface area (Å²) < 4.78 is 38.0. The predicted molar refractivity (Wildman–Crippen MR) is 58.4 cm³/mol. The van der Waals surface area contributed by atoms with Crippen molar-refractivity contribution in [3.05, 3.63) is 35.9 Å². The van der Waals surface area contributed by atoms with Crippen molar-refractivity contribution in [1.29, 1.82) is 5.26 Å². The van der Waals surface area contributed by atoms with E-state index in [0.717, 1.165) is 5.56 Å². The highest BCUT2D eigenvalue weighted by Crippen LogP contribution is 2.10. The summed E-state index contributed by atoms with van der Waals surface area (Å²) in [6.07, 6.45) is -4.42. The summed E-state index contributed by atoms with van der Waals surface area (Å²) in [5.41, 5.74) is 0.843. The van der Waals surface area contributed by atoms with Crippen LogP contribution in [0.15, 0.2) is 30.3 Å². The fourth-order valence-electron chi connectivity index (χ4n) is 1.35. The van der Waals surface area contributed by atoms with Gasteiger partial charge in [-0.25, -0.2) is 13.2 Å². The number of benzene rings is 1. The summed E-state index contributed by atoms with van der Waals surface area (Å²) >= 11 is 0. The first-order valence-corrected chi connectivity index (χ1v) is 5.20. The molecule has 0 radical (unpaired) electrons. The van der Waals surface area contributed by atoms with E-state index < -0.39 is 25.1 Å². The van der Waals surface area contributed by atoms with E-state index in [1.165, 1.54) is 0 Å². The number of nitriles is 1. The van der Waals surface area contributed by atoms with Gasteiger partial charge >= 0.3 is 0 Å². The second kappa shape index (κ2) is 6.92. The van der Waals surface area contributed by atoms with Crippen LogP contribution in [0, 0.1) is 11.3 Å². The number of rotatable bonds is 6. The molecule has 0 aliphatic carbocycles. The average Bonchev–Trinajstić information content (AvgIpc) is 2.39. The van der Waals surface area contributed by atoms with Crippen molar-refractivity contribution in [1.82, 2.24) is 5.32 Å². The fraction of sp³-hybridized carbons (Fsp3) is 0.417.